The molecule has 0 N–H and O–H groups in total. The van der Waals surface area contributed by atoms with Crippen LogP contribution in [0.4, 0.5) is 5.82 Å². The van der Waals surface area contributed by atoms with Gasteiger partial charge in [0.1, 0.15) is 0 Å². The highest BCUT2D eigenvalue weighted by Crippen LogP contribution is 2.13. The highest BCUT2D eigenvalue weighted by atomic mass is 16.5. The van der Waals surface area contributed by atoms with Crippen molar-refractivity contribution in [3.8, 4) is 0 Å². The van der Waals surface area contributed by atoms with Crippen LogP contribution in [-0.4, -0.2) is 60.3 Å². The monoisotopic (exact) mass is 278 g/mol. The number of hydrogen-bond acceptors (Lipinski definition) is 6. The van der Waals surface area contributed by atoms with Crippen molar-refractivity contribution in [2.75, 3.05) is 38.2 Å². The van der Waals surface area contributed by atoms with E-state index in [-0.39, 0.29) is 11.6 Å². The van der Waals surface area contributed by atoms with Gasteiger partial charge in [-0.3, -0.25) is 4.79 Å². The molecule has 7 heteroatoms. The Balaban J connectivity index is 1.97. The van der Waals surface area contributed by atoms with Crippen molar-refractivity contribution in [1.29, 1.82) is 0 Å². The van der Waals surface area contributed by atoms with Gasteiger partial charge in [0.05, 0.1) is 7.11 Å². The maximum absolute atomic E-state index is 11.6. The van der Waals surface area contributed by atoms with E-state index in [9.17, 15) is 9.59 Å². The summed E-state index contributed by atoms with van der Waals surface area (Å²) in [5.74, 6) is 0.389. The van der Waals surface area contributed by atoms with Gasteiger partial charge < -0.3 is 14.5 Å². The smallest absolute Gasteiger partial charge is 0.358 e. The first-order valence-corrected chi connectivity index (χ1v) is 6.60. The Bertz CT molecular complexity index is 481. The fourth-order valence-corrected chi connectivity index (χ4v) is 2.12. The number of nitrogens with zero attached hydrogens (tertiary/aromatic N) is 4. The summed E-state index contributed by atoms with van der Waals surface area (Å²) in [6, 6.07) is 3.34. The lowest BCUT2D eigenvalue weighted by atomic mass is 10.2. The van der Waals surface area contributed by atoms with E-state index in [1.165, 1.54) is 7.11 Å². The molecule has 0 aliphatic carbocycles. The van der Waals surface area contributed by atoms with Crippen LogP contribution in [0.25, 0.3) is 0 Å². The average Bonchev–Trinajstić information content (AvgIpc) is 2.53. The average molecular weight is 278 g/mol. The van der Waals surface area contributed by atoms with E-state index in [4.69, 9.17) is 0 Å². The Morgan fingerprint density at radius 1 is 1.20 bits per heavy atom. The third kappa shape index (κ3) is 3.04. The lowest BCUT2D eigenvalue weighted by Gasteiger charge is -2.35. The fourth-order valence-electron chi connectivity index (χ4n) is 2.12. The number of ether oxygens (including phenoxy) is 1. The van der Waals surface area contributed by atoms with Crippen molar-refractivity contribution < 1.29 is 14.3 Å². The third-order valence-corrected chi connectivity index (χ3v) is 3.30. The lowest BCUT2D eigenvalue weighted by Crippen LogP contribution is -2.48. The van der Waals surface area contributed by atoms with E-state index in [0.29, 0.717) is 25.3 Å². The molecule has 108 valence electrons. The van der Waals surface area contributed by atoms with Gasteiger partial charge in [0.15, 0.2) is 11.5 Å². The van der Waals surface area contributed by atoms with Gasteiger partial charge in [-0.05, 0) is 12.1 Å². The van der Waals surface area contributed by atoms with Crippen LogP contribution in [0.3, 0.4) is 0 Å². The highest BCUT2D eigenvalue weighted by molar-refractivity contribution is 5.87. The van der Waals surface area contributed by atoms with Crippen molar-refractivity contribution in [3.05, 3.63) is 17.8 Å². The van der Waals surface area contributed by atoms with Crippen molar-refractivity contribution in [3.63, 3.8) is 0 Å². The lowest BCUT2D eigenvalue weighted by molar-refractivity contribution is -0.131. The maximum Gasteiger partial charge on any atom is 0.358 e. The quantitative estimate of drug-likeness (QED) is 0.741. The first-order valence-electron chi connectivity index (χ1n) is 6.60. The molecular weight excluding hydrogens is 260 g/mol. The van der Waals surface area contributed by atoms with Gasteiger partial charge in [0.25, 0.3) is 0 Å². The van der Waals surface area contributed by atoms with Crippen LogP contribution in [-0.2, 0) is 9.53 Å². The van der Waals surface area contributed by atoms with E-state index >= 15 is 0 Å². The number of piperazine rings is 1. The zero-order chi connectivity index (χ0) is 14.5. The number of carbonyl (C=O) groups excluding carboxylic acids is 2. The Morgan fingerprint density at radius 2 is 1.90 bits per heavy atom. The maximum atomic E-state index is 11.6. The van der Waals surface area contributed by atoms with Gasteiger partial charge >= 0.3 is 5.97 Å². The molecule has 1 amide bonds. The van der Waals surface area contributed by atoms with Gasteiger partial charge in [-0.25, -0.2) is 4.79 Å². The molecule has 1 aliphatic rings. The topological polar surface area (TPSA) is 75.6 Å². The molecule has 1 aromatic heterocycles. The Labute approximate surface area is 117 Å². The van der Waals surface area contributed by atoms with E-state index in [1.54, 1.807) is 12.1 Å². The standard InChI is InChI=1S/C13H18N4O3/c1-3-12(18)17-8-6-16(7-9-17)11-5-4-10(14-15-11)13(19)20-2/h4-5H,3,6-9H2,1-2H3. The molecule has 0 aromatic carbocycles. The Kier molecular flexibility index (Phi) is 4.49. The molecule has 0 bridgehead atoms. The van der Waals surface area contributed by atoms with Gasteiger partial charge in [-0.1, -0.05) is 6.92 Å². The molecule has 20 heavy (non-hydrogen) atoms. The molecule has 0 spiro atoms. The highest BCUT2D eigenvalue weighted by Gasteiger charge is 2.21. The summed E-state index contributed by atoms with van der Waals surface area (Å²) in [5.41, 5.74) is 0.191. The summed E-state index contributed by atoms with van der Waals surface area (Å²) < 4.78 is 4.58. The first-order chi connectivity index (χ1) is 9.65. The summed E-state index contributed by atoms with van der Waals surface area (Å²) in [7, 11) is 1.31. The minimum absolute atomic E-state index is 0.178. The van der Waals surface area contributed by atoms with E-state index in [0.717, 1.165) is 13.1 Å². The number of rotatable bonds is 3. The number of esters is 1. The zero-order valence-corrected chi connectivity index (χ0v) is 11.7. The molecule has 0 atom stereocenters. The summed E-state index contributed by atoms with van der Waals surface area (Å²) in [6.45, 7) is 4.68. The summed E-state index contributed by atoms with van der Waals surface area (Å²) in [5, 5.41) is 7.88. The molecule has 2 rings (SSSR count). The number of anilines is 1. The largest absolute Gasteiger partial charge is 0.464 e. The normalized spacial score (nSPS) is 15.1. The van der Waals surface area contributed by atoms with E-state index in [1.807, 2.05) is 16.7 Å². The molecule has 0 radical (unpaired) electrons. The molecule has 1 aromatic rings. The van der Waals surface area contributed by atoms with Crippen LogP contribution < -0.4 is 4.90 Å². The molecule has 1 aliphatic heterocycles. The molecule has 2 heterocycles. The molecular formula is C13H18N4O3. The number of carbonyl (C=O) groups is 2. The third-order valence-electron chi connectivity index (χ3n) is 3.30. The van der Waals surface area contributed by atoms with Crippen LogP contribution in [0, 0.1) is 0 Å². The number of aromatic nitrogens is 2. The molecule has 1 saturated heterocycles. The van der Waals surface area contributed by atoms with Crippen LogP contribution in [0.2, 0.25) is 0 Å². The Morgan fingerprint density at radius 3 is 2.40 bits per heavy atom. The van der Waals surface area contributed by atoms with Crippen LogP contribution in [0.5, 0.6) is 0 Å². The second kappa shape index (κ2) is 6.31. The van der Waals surface area contributed by atoms with Crippen LogP contribution in [0.1, 0.15) is 23.8 Å². The van der Waals surface area contributed by atoms with Gasteiger partial charge in [-0.2, -0.15) is 0 Å². The first kappa shape index (κ1) is 14.2. The van der Waals surface area contributed by atoms with Crippen LogP contribution in [0.15, 0.2) is 12.1 Å². The number of hydrogen-bond donors (Lipinski definition) is 0. The van der Waals surface area contributed by atoms with Crippen molar-refractivity contribution in [1.82, 2.24) is 15.1 Å². The van der Waals surface area contributed by atoms with Crippen molar-refractivity contribution >= 4 is 17.7 Å². The predicted octanol–water partition coefficient (Wildman–Crippen LogP) is 0.322. The second-order valence-electron chi connectivity index (χ2n) is 4.49. The summed E-state index contributed by atoms with van der Waals surface area (Å²) in [4.78, 5) is 26.8. The number of amides is 1. The van der Waals surface area contributed by atoms with Crippen molar-refractivity contribution in [2.24, 2.45) is 0 Å². The molecule has 1 fully saturated rings. The Hall–Kier alpha value is -2.18. The van der Waals surface area contributed by atoms with Crippen LogP contribution >= 0.6 is 0 Å². The number of methoxy groups -OCH3 is 1. The minimum atomic E-state index is -0.498. The van der Waals surface area contributed by atoms with Gasteiger partial charge in [0, 0.05) is 32.6 Å². The molecule has 7 nitrogen and oxygen atoms in total. The summed E-state index contributed by atoms with van der Waals surface area (Å²) >= 11 is 0. The van der Waals surface area contributed by atoms with Gasteiger partial charge in [0.2, 0.25) is 5.91 Å². The minimum Gasteiger partial charge on any atom is -0.464 e. The van der Waals surface area contributed by atoms with Crippen molar-refractivity contribution in [2.45, 2.75) is 13.3 Å². The second-order valence-corrected chi connectivity index (χ2v) is 4.49. The van der Waals surface area contributed by atoms with Gasteiger partial charge in [-0.15, -0.1) is 10.2 Å². The summed E-state index contributed by atoms with van der Waals surface area (Å²) in [6.07, 6.45) is 0.535. The molecule has 0 saturated carbocycles. The zero-order valence-electron chi connectivity index (χ0n) is 11.7. The molecule has 0 unspecified atom stereocenters. The van der Waals surface area contributed by atoms with E-state index < -0.39 is 5.97 Å². The fraction of sp³-hybridized carbons (Fsp3) is 0.538. The predicted molar refractivity (Wildman–Crippen MR) is 72.5 cm³/mol. The SMILES string of the molecule is CCC(=O)N1CCN(c2ccc(C(=O)OC)nn2)CC1. The van der Waals surface area contributed by atoms with E-state index in [2.05, 4.69) is 14.9 Å².